The quantitative estimate of drug-likeness (QED) is 0.536. The third kappa shape index (κ3) is 2.13. The summed E-state index contributed by atoms with van der Waals surface area (Å²) in [5.41, 5.74) is 1.53. The van der Waals surface area contributed by atoms with Gasteiger partial charge in [0.2, 0.25) is 5.39 Å². The van der Waals surface area contributed by atoms with Crippen LogP contribution in [0.1, 0.15) is 0 Å². The second kappa shape index (κ2) is 4.15. The predicted molar refractivity (Wildman–Crippen MR) is 57.3 cm³/mol. The molecule has 0 spiro atoms. The fourth-order valence-corrected chi connectivity index (χ4v) is 1.52. The minimum absolute atomic E-state index is 0.608. The second-order valence-corrected chi connectivity index (χ2v) is 3.73. The van der Waals surface area contributed by atoms with Gasteiger partial charge in [-0.05, 0) is 18.4 Å². The van der Waals surface area contributed by atoms with E-state index in [0.29, 0.717) is 5.69 Å². The van der Waals surface area contributed by atoms with Gasteiger partial charge >= 0.3 is 5.69 Å². The first kappa shape index (κ1) is 9.87. The van der Waals surface area contributed by atoms with Gasteiger partial charge in [0.1, 0.15) is 5.69 Å². The lowest BCUT2D eigenvalue weighted by Crippen LogP contribution is -2.08. The molecule has 4 heteroatoms. The van der Waals surface area contributed by atoms with Crippen LogP contribution in [0.4, 0.5) is 11.4 Å². The Morgan fingerprint density at radius 2 is 2.08 bits per heavy atom. The van der Waals surface area contributed by atoms with Crippen molar-refractivity contribution in [2.24, 2.45) is 0 Å². The van der Waals surface area contributed by atoms with Gasteiger partial charge < -0.3 is 4.90 Å². The van der Waals surface area contributed by atoms with E-state index in [0.717, 1.165) is 10.6 Å². The van der Waals surface area contributed by atoms with E-state index in [1.807, 2.05) is 43.5 Å². The van der Waals surface area contributed by atoms with Crippen molar-refractivity contribution in [1.29, 1.82) is 5.39 Å². The van der Waals surface area contributed by atoms with E-state index in [1.165, 1.54) is 0 Å². The van der Waals surface area contributed by atoms with Crippen LogP contribution in [0.5, 0.6) is 0 Å². The molecule has 0 atom stereocenters. The molecule has 68 valence electrons. The number of anilines is 1. The van der Waals surface area contributed by atoms with Crippen LogP contribution < -0.4 is 4.90 Å². The van der Waals surface area contributed by atoms with Crippen molar-refractivity contribution < 1.29 is 0 Å². The molecule has 0 aromatic heterocycles. The smallest absolute Gasteiger partial charge is 0.371 e. The van der Waals surface area contributed by atoms with E-state index in [-0.39, 0.29) is 0 Å². The lowest BCUT2D eigenvalue weighted by molar-refractivity contribution is 1.13. The maximum Gasteiger partial charge on any atom is 0.409 e. The lowest BCUT2D eigenvalue weighted by atomic mass is 10.2. The van der Waals surface area contributed by atoms with E-state index in [9.17, 15) is 0 Å². The monoisotopic (exact) mass is 194 g/mol. The maximum atomic E-state index is 8.78. The highest BCUT2D eigenvalue weighted by atomic mass is 32.2. The number of rotatable bonds is 2. The zero-order chi connectivity index (χ0) is 9.84. The summed E-state index contributed by atoms with van der Waals surface area (Å²) >= 11 is 1.63. The molecule has 0 N–H and O–H groups in total. The molecule has 13 heavy (non-hydrogen) atoms. The van der Waals surface area contributed by atoms with Gasteiger partial charge in [-0.2, -0.15) is 0 Å². The highest BCUT2D eigenvalue weighted by molar-refractivity contribution is 7.98. The fraction of sp³-hybridized carbons (Fsp3) is 0.333. The molecule has 1 rings (SSSR count). The van der Waals surface area contributed by atoms with Crippen molar-refractivity contribution >= 4 is 23.1 Å². The van der Waals surface area contributed by atoms with Crippen LogP contribution in [0, 0.1) is 5.39 Å². The molecule has 3 nitrogen and oxygen atoms in total. The zero-order valence-electron chi connectivity index (χ0n) is 7.98. The van der Waals surface area contributed by atoms with Crippen LogP contribution in [0.25, 0.3) is 4.98 Å². The van der Waals surface area contributed by atoms with Gasteiger partial charge in [0.05, 0.1) is 0 Å². The molecule has 0 amide bonds. The molecule has 0 aliphatic rings. The Kier molecular flexibility index (Phi) is 3.15. The molecule has 0 saturated heterocycles. The number of diazo groups is 1. The topological polar surface area (TPSA) is 31.4 Å². The summed E-state index contributed by atoms with van der Waals surface area (Å²) in [6.07, 6.45) is 1.99. The van der Waals surface area contributed by atoms with E-state index in [2.05, 4.69) is 4.98 Å². The summed E-state index contributed by atoms with van der Waals surface area (Å²) in [5, 5.41) is 8.78. The Labute approximate surface area is 82.4 Å². The summed E-state index contributed by atoms with van der Waals surface area (Å²) in [6.45, 7) is 0. The van der Waals surface area contributed by atoms with Crippen LogP contribution in [-0.2, 0) is 0 Å². The minimum Gasteiger partial charge on any atom is -0.371 e. The first-order valence-corrected chi connectivity index (χ1v) is 5.12. The van der Waals surface area contributed by atoms with E-state index in [4.69, 9.17) is 5.39 Å². The number of hydrogen-bond acceptors (Lipinski definition) is 3. The van der Waals surface area contributed by atoms with Gasteiger partial charge in [0.25, 0.3) is 0 Å². The second-order valence-electron chi connectivity index (χ2n) is 2.85. The SMILES string of the molecule is CSc1ccc(N(C)C)c([N+]#N)c1. The Hall–Kier alpha value is -1.21. The molecule has 0 unspecified atom stereocenters. The summed E-state index contributed by atoms with van der Waals surface area (Å²) < 4.78 is 0. The molecule has 0 bridgehead atoms. The number of thioether (sulfide) groups is 1. The third-order valence-electron chi connectivity index (χ3n) is 1.77. The third-order valence-corrected chi connectivity index (χ3v) is 2.50. The van der Waals surface area contributed by atoms with Crippen molar-refractivity contribution in [1.82, 2.24) is 0 Å². The van der Waals surface area contributed by atoms with Crippen molar-refractivity contribution in [2.45, 2.75) is 4.90 Å². The van der Waals surface area contributed by atoms with E-state index >= 15 is 0 Å². The van der Waals surface area contributed by atoms with Crippen LogP contribution in [0.3, 0.4) is 0 Å². The van der Waals surface area contributed by atoms with Crippen molar-refractivity contribution in [2.75, 3.05) is 25.3 Å². The van der Waals surface area contributed by atoms with Crippen LogP contribution >= 0.6 is 11.8 Å². The Morgan fingerprint density at radius 3 is 2.54 bits per heavy atom. The highest BCUT2D eigenvalue weighted by Gasteiger charge is 2.15. The van der Waals surface area contributed by atoms with Crippen molar-refractivity contribution in [3.8, 4) is 0 Å². The maximum absolute atomic E-state index is 8.78. The zero-order valence-corrected chi connectivity index (χ0v) is 8.80. The molecule has 0 aliphatic carbocycles. The molecule has 0 radical (unpaired) electrons. The summed E-state index contributed by atoms with van der Waals surface area (Å²) in [4.78, 5) is 6.26. The lowest BCUT2D eigenvalue weighted by Gasteiger charge is -2.09. The van der Waals surface area contributed by atoms with Gasteiger partial charge in [-0.15, -0.1) is 11.8 Å². The van der Waals surface area contributed by atoms with Crippen LogP contribution in [-0.4, -0.2) is 20.4 Å². The van der Waals surface area contributed by atoms with Gasteiger partial charge in [-0.25, -0.2) is 0 Å². The summed E-state index contributed by atoms with van der Waals surface area (Å²) in [7, 11) is 3.84. The number of nitrogens with zero attached hydrogens (tertiary/aromatic N) is 3. The molecule has 0 fully saturated rings. The minimum atomic E-state index is 0.608. The number of benzene rings is 1. The summed E-state index contributed by atoms with van der Waals surface area (Å²) in [6, 6.07) is 5.82. The van der Waals surface area contributed by atoms with Gasteiger partial charge in [-0.1, -0.05) is 0 Å². The Bertz CT molecular complexity index is 341. The van der Waals surface area contributed by atoms with Crippen LogP contribution in [0.2, 0.25) is 0 Å². The molecule has 0 heterocycles. The van der Waals surface area contributed by atoms with Crippen molar-refractivity contribution in [3.63, 3.8) is 0 Å². The Morgan fingerprint density at radius 1 is 1.38 bits per heavy atom. The normalized spacial score (nSPS) is 9.38. The molecule has 0 aliphatic heterocycles. The molecular formula is C9H12N3S+. The molecule has 1 aromatic rings. The average Bonchev–Trinajstić information content (AvgIpc) is 2.16. The fourth-order valence-electron chi connectivity index (χ4n) is 1.09. The van der Waals surface area contributed by atoms with Gasteiger partial charge in [0.15, 0.2) is 4.98 Å². The first-order chi connectivity index (χ1) is 6.19. The number of hydrogen-bond donors (Lipinski definition) is 0. The standard InChI is InChI=1S/C9H12N3S/c1-12(2)9-5-4-7(13-3)6-8(9)11-10/h4-6H,1-3H3/q+1. The molecule has 1 aromatic carbocycles. The Balaban J connectivity index is 3.18. The first-order valence-electron chi connectivity index (χ1n) is 3.89. The predicted octanol–water partition coefficient (Wildman–Crippen LogP) is 2.96. The average molecular weight is 194 g/mol. The van der Waals surface area contributed by atoms with E-state index < -0.39 is 0 Å². The summed E-state index contributed by atoms with van der Waals surface area (Å²) in [5.74, 6) is 0. The van der Waals surface area contributed by atoms with Gasteiger partial charge in [0, 0.05) is 25.1 Å². The van der Waals surface area contributed by atoms with Crippen molar-refractivity contribution in [3.05, 3.63) is 23.2 Å². The molecule has 0 saturated carbocycles. The molecular weight excluding hydrogens is 182 g/mol. The largest absolute Gasteiger partial charge is 0.409 e. The van der Waals surface area contributed by atoms with E-state index in [1.54, 1.807) is 11.8 Å². The van der Waals surface area contributed by atoms with Gasteiger partial charge in [-0.3, -0.25) is 0 Å². The highest BCUT2D eigenvalue weighted by Crippen LogP contribution is 2.31. The van der Waals surface area contributed by atoms with Crippen LogP contribution in [0.15, 0.2) is 23.1 Å².